The zero-order chi connectivity index (χ0) is 19.6. The molecule has 0 aliphatic rings. The first-order valence-electron chi connectivity index (χ1n) is 7.73. The minimum absolute atomic E-state index is 0.124. The molecule has 3 rings (SSSR count). The number of rotatable bonds is 5. The summed E-state index contributed by atoms with van der Waals surface area (Å²) in [4.78, 5) is 4.08. The molecule has 5 nitrogen and oxygen atoms in total. The maximum atomic E-state index is 13.7. The van der Waals surface area contributed by atoms with Gasteiger partial charge in [-0.2, -0.15) is 0 Å². The second kappa shape index (κ2) is 7.28. The topological polar surface area (TPSA) is 71.1 Å². The van der Waals surface area contributed by atoms with Crippen LogP contribution in [0.25, 0.3) is 0 Å². The number of halogens is 3. The lowest BCUT2D eigenvalue weighted by molar-refractivity contribution is 0.449. The minimum atomic E-state index is -3.79. The number of pyridine rings is 1. The van der Waals surface area contributed by atoms with Crippen molar-refractivity contribution in [1.29, 1.82) is 0 Å². The molecule has 0 atom stereocenters. The molecule has 140 valence electrons. The van der Waals surface area contributed by atoms with Crippen LogP contribution in [0.3, 0.4) is 0 Å². The predicted octanol–water partition coefficient (Wildman–Crippen LogP) is 4.35. The van der Waals surface area contributed by atoms with Crippen molar-refractivity contribution in [2.45, 2.75) is 11.8 Å². The second-order valence-electron chi connectivity index (χ2n) is 5.65. The Kier molecular flexibility index (Phi) is 5.04. The summed E-state index contributed by atoms with van der Waals surface area (Å²) in [6.45, 7) is 1.68. The molecule has 3 aromatic rings. The number of aryl methyl sites for hydroxylation is 1. The van der Waals surface area contributed by atoms with Crippen molar-refractivity contribution in [1.82, 2.24) is 4.98 Å². The molecule has 0 amide bonds. The molecular weight excluding hydrogens is 379 g/mol. The number of hydrogen-bond acceptors (Lipinski definition) is 4. The molecule has 0 radical (unpaired) electrons. The summed E-state index contributed by atoms with van der Waals surface area (Å²) in [5.74, 6) is -4.14. The Morgan fingerprint density at radius 1 is 0.926 bits per heavy atom. The highest BCUT2D eigenvalue weighted by molar-refractivity contribution is 7.92. The van der Waals surface area contributed by atoms with Gasteiger partial charge < -0.3 is 5.32 Å². The third kappa shape index (κ3) is 4.03. The van der Waals surface area contributed by atoms with Crippen LogP contribution in [0.1, 0.15) is 5.56 Å². The first-order chi connectivity index (χ1) is 12.8. The highest BCUT2D eigenvalue weighted by Crippen LogP contribution is 2.24. The number of sulfonamides is 1. The van der Waals surface area contributed by atoms with Crippen molar-refractivity contribution in [2.24, 2.45) is 0 Å². The Morgan fingerprint density at radius 2 is 1.67 bits per heavy atom. The Labute approximate surface area is 153 Å². The van der Waals surface area contributed by atoms with E-state index in [2.05, 4.69) is 15.0 Å². The summed E-state index contributed by atoms with van der Waals surface area (Å²) in [5.41, 5.74) is 0.481. The van der Waals surface area contributed by atoms with Gasteiger partial charge in [-0.3, -0.25) is 4.72 Å². The van der Waals surface area contributed by atoms with Crippen LogP contribution in [0.15, 0.2) is 59.6 Å². The first-order valence-corrected chi connectivity index (χ1v) is 9.21. The van der Waals surface area contributed by atoms with Crippen LogP contribution in [-0.4, -0.2) is 13.4 Å². The lowest BCUT2D eigenvalue weighted by Crippen LogP contribution is -2.14. The molecule has 27 heavy (non-hydrogen) atoms. The van der Waals surface area contributed by atoms with Gasteiger partial charge in [0.05, 0.1) is 22.5 Å². The number of benzene rings is 2. The van der Waals surface area contributed by atoms with Crippen molar-refractivity contribution in [2.75, 3.05) is 10.0 Å². The van der Waals surface area contributed by atoms with Gasteiger partial charge in [-0.15, -0.1) is 0 Å². The second-order valence-corrected chi connectivity index (χ2v) is 7.30. The van der Waals surface area contributed by atoms with Crippen LogP contribution in [-0.2, 0) is 10.0 Å². The van der Waals surface area contributed by atoms with E-state index in [1.165, 1.54) is 24.4 Å². The third-order valence-corrected chi connectivity index (χ3v) is 5.24. The molecule has 0 bridgehead atoms. The van der Waals surface area contributed by atoms with Crippen LogP contribution in [0.4, 0.5) is 30.4 Å². The van der Waals surface area contributed by atoms with E-state index in [4.69, 9.17) is 0 Å². The normalized spacial score (nSPS) is 11.3. The fraction of sp³-hybridized carbons (Fsp3) is 0.0556. The highest BCUT2D eigenvalue weighted by atomic mass is 32.2. The Hall–Kier alpha value is -3.07. The van der Waals surface area contributed by atoms with Gasteiger partial charge in [0.25, 0.3) is 10.0 Å². The Morgan fingerprint density at radius 3 is 2.33 bits per heavy atom. The van der Waals surface area contributed by atoms with E-state index in [0.717, 1.165) is 12.1 Å². The monoisotopic (exact) mass is 393 g/mol. The maximum absolute atomic E-state index is 13.7. The summed E-state index contributed by atoms with van der Waals surface area (Å²) >= 11 is 0. The standard InChI is InChI=1S/C18H14F3N3O2S/c1-11-4-2-3-5-15(11)27(25,26)24-12-6-9-16(22-10-12)23-14-8-7-13(19)17(20)18(14)21/h2-10,24H,1H3,(H,22,23). The summed E-state index contributed by atoms with van der Waals surface area (Å²) < 4.78 is 67.1. The van der Waals surface area contributed by atoms with E-state index in [1.54, 1.807) is 25.1 Å². The van der Waals surface area contributed by atoms with E-state index in [0.29, 0.717) is 5.56 Å². The van der Waals surface area contributed by atoms with Gasteiger partial charge in [0.1, 0.15) is 5.82 Å². The van der Waals surface area contributed by atoms with E-state index in [1.807, 2.05) is 0 Å². The van der Waals surface area contributed by atoms with Crippen molar-refractivity contribution in [3.63, 3.8) is 0 Å². The SMILES string of the molecule is Cc1ccccc1S(=O)(=O)Nc1ccc(Nc2ccc(F)c(F)c2F)nc1. The predicted molar refractivity (Wildman–Crippen MR) is 95.8 cm³/mol. The van der Waals surface area contributed by atoms with E-state index in [-0.39, 0.29) is 22.1 Å². The van der Waals surface area contributed by atoms with Gasteiger partial charge in [0.2, 0.25) is 0 Å². The number of nitrogens with zero attached hydrogens (tertiary/aromatic N) is 1. The maximum Gasteiger partial charge on any atom is 0.262 e. The minimum Gasteiger partial charge on any atom is -0.338 e. The average molecular weight is 393 g/mol. The van der Waals surface area contributed by atoms with Crippen molar-refractivity contribution in [3.05, 3.63) is 77.7 Å². The van der Waals surface area contributed by atoms with E-state index < -0.39 is 27.5 Å². The average Bonchev–Trinajstić information content (AvgIpc) is 2.64. The highest BCUT2D eigenvalue weighted by Gasteiger charge is 2.17. The quantitative estimate of drug-likeness (QED) is 0.632. The number of aromatic nitrogens is 1. The van der Waals surface area contributed by atoms with Gasteiger partial charge in [-0.1, -0.05) is 18.2 Å². The zero-order valence-electron chi connectivity index (χ0n) is 14.0. The molecule has 0 unspecified atom stereocenters. The van der Waals surface area contributed by atoms with Crippen LogP contribution in [0.2, 0.25) is 0 Å². The van der Waals surface area contributed by atoms with Crippen LogP contribution >= 0.6 is 0 Å². The van der Waals surface area contributed by atoms with E-state index in [9.17, 15) is 21.6 Å². The molecule has 0 saturated heterocycles. The van der Waals surface area contributed by atoms with Crippen molar-refractivity contribution in [3.8, 4) is 0 Å². The molecule has 1 heterocycles. The van der Waals surface area contributed by atoms with Crippen LogP contribution in [0, 0.1) is 24.4 Å². The van der Waals surface area contributed by atoms with Gasteiger partial charge in [0.15, 0.2) is 17.5 Å². The lowest BCUT2D eigenvalue weighted by Gasteiger charge is -2.11. The molecule has 0 aliphatic heterocycles. The smallest absolute Gasteiger partial charge is 0.262 e. The molecule has 0 spiro atoms. The molecule has 0 aliphatic carbocycles. The van der Waals surface area contributed by atoms with Gasteiger partial charge in [-0.25, -0.2) is 26.6 Å². The molecule has 2 aromatic carbocycles. The summed E-state index contributed by atoms with van der Waals surface area (Å²) in [5, 5.41) is 2.50. The largest absolute Gasteiger partial charge is 0.338 e. The molecule has 1 aromatic heterocycles. The molecule has 9 heteroatoms. The molecule has 2 N–H and O–H groups in total. The third-order valence-electron chi connectivity index (χ3n) is 3.70. The number of anilines is 3. The van der Waals surface area contributed by atoms with Gasteiger partial charge >= 0.3 is 0 Å². The number of hydrogen-bond donors (Lipinski definition) is 2. The zero-order valence-corrected chi connectivity index (χ0v) is 14.8. The lowest BCUT2D eigenvalue weighted by atomic mass is 10.2. The number of nitrogens with one attached hydrogen (secondary N) is 2. The van der Waals surface area contributed by atoms with Gasteiger partial charge in [0, 0.05) is 0 Å². The Balaban J connectivity index is 1.78. The summed E-state index contributed by atoms with van der Waals surface area (Å²) in [6, 6.07) is 11.1. The Bertz CT molecular complexity index is 1090. The van der Waals surface area contributed by atoms with E-state index >= 15 is 0 Å². The molecular formula is C18H14F3N3O2S. The van der Waals surface area contributed by atoms with Crippen LogP contribution in [0.5, 0.6) is 0 Å². The first kappa shape index (κ1) is 18.7. The fourth-order valence-electron chi connectivity index (χ4n) is 2.36. The van der Waals surface area contributed by atoms with Gasteiger partial charge in [-0.05, 0) is 42.8 Å². The van der Waals surface area contributed by atoms with Crippen LogP contribution < -0.4 is 10.0 Å². The summed E-state index contributed by atoms with van der Waals surface area (Å²) in [6.07, 6.45) is 1.22. The van der Waals surface area contributed by atoms with Crippen molar-refractivity contribution < 1.29 is 21.6 Å². The molecule has 0 fully saturated rings. The fourth-order valence-corrected chi connectivity index (χ4v) is 3.65. The van der Waals surface area contributed by atoms with Crippen molar-refractivity contribution >= 4 is 27.2 Å². The summed E-state index contributed by atoms with van der Waals surface area (Å²) in [7, 11) is -3.79. The molecule has 0 saturated carbocycles.